The Morgan fingerprint density at radius 3 is 2.44 bits per heavy atom. The normalized spacial score (nSPS) is 22.7. The summed E-state index contributed by atoms with van der Waals surface area (Å²) in [5.74, 6) is -0.891. The number of amides is 2. The fraction of sp³-hybridized carbons (Fsp3) is 0.400. The molecule has 2 fully saturated rings. The summed E-state index contributed by atoms with van der Waals surface area (Å²) in [6.07, 6.45) is -2.90. The molecule has 1 aromatic rings. The number of morpholine rings is 1. The molecule has 2 amide bonds. The van der Waals surface area contributed by atoms with E-state index in [9.17, 15) is 31.2 Å². The molecule has 12 heteroatoms. The third-order valence-electron chi connectivity index (χ3n) is 5.27. The van der Waals surface area contributed by atoms with Crippen LogP contribution < -0.4 is 10.2 Å². The topological polar surface area (TPSA) is 96.0 Å². The zero-order valence-corrected chi connectivity index (χ0v) is 17.5. The number of nitrogens with zero attached hydrogens (tertiary/aromatic N) is 2. The van der Waals surface area contributed by atoms with E-state index in [1.165, 1.54) is 23.1 Å². The van der Waals surface area contributed by atoms with Crippen LogP contribution in [0.5, 0.6) is 0 Å². The van der Waals surface area contributed by atoms with Gasteiger partial charge < -0.3 is 15.0 Å². The summed E-state index contributed by atoms with van der Waals surface area (Å²) in [7, 11) is -3.56. The lowest BCUT2D eigenvalue weighted by molar-refractivity contribution is -0.221. The molecule has 1 saturated heterocycles. The first-order chi connectivity index (χ1) is 15.0. The van der Waals surface area contributed by atoms with Gasteiger partial charge in [-0.1, -0.05) is 0 Å². The van der Waals surface area contributed by atoms with E-state index in [-0.39, 0.29) is 36.2 Å². The van der Waals surface area contributed by atoms with Gasteiger partial charge in [-0.15, -0.1) is 0 Å². The van der Waals surface area contributed by atoms with Crippen LogP contribution in [0.2, 0.25) is 0 Å². The van der Waals surface area contributed by atoms with Gasteiger partial charge in [-0.25, -0.2) is 8.42 Å². The Bertz CT molecular complexity index is 1080. The molecule has 0 spiro atoms. The predicted octanol–water partition coefficient (Wildman–Crippen LogP) is 2.62. The predicted molar refractivity (Wildman–Crippen MR) is 109 cm³/mol. The first-order valence-electron chi connectivity index (χ1n) is 9.86. The third-order valence-corrected chi connectivity index (χ3v) is 6.27. The molecular formula is C20H20F3N3O5S. The molecule has 32 heavy (non-hydrogen) atoms. The van der Waals surface area contributed by atoms with Gasteiger partial charge in [-0.3, -0.25) is 14.5 Å². The summed E-state index contributed by atoms with van der Waals surface area (Å²) < 4.78 is 67.6. The lowest BCUT2D eigenvalue weighted by atomic mass is 10.1. The first kappa shape index (κ1) is 22.3. The van der Waals surface area contributed by atoms with Crippen LogP contribution >= 0.6 is 0 Å². The number of sulfone groups is 1. The zero-order valence-electron chi connectivity index (χ0n) is 16.7. The number of hydrogen-bond donors (Lipinski definition) is 1. The molecule has 1 unspecified atom stereocenters. The summed E-state index contributed by atoms with van der Waals surface area (Å²) in [6, 6.07) is 4.36. The van der Waals surface area contributed by atoms with Crippen LogP contribution in [0.1, 0.15) is 23.2 Å². The van der Waals surface area contributed by atoms with Crippen molar-refractivity contribution in [3.8, 4) is 0 Å². The van der Waals surface area contributed by atoms with Crippen molar-refractivity contribution in [2.24, 2.45) is 5.92 Å². The minimum Gasteiger partial charge on any atom is -0.366 e. The van der Waals surface area contributed by atoms with E-state index in [0.717, 1.165) is 41.0 Å². The van der Waals surface area contributed by atoms with Crippen molar-refractivity contribution in [1.82, 2.24) is 4.90 Å². The Morgan fingerprint density at radius 2 is 1.81 bits per heavy atom. The highest BCUT2D eigenvalue weighted by atomic mass is 32.2. The van der Waals surface area contributed by atoms with Gasteiger partial charge in [0.05, 0.1) is 35.2 Å². The number of benzene rings is 1. The lowest BCUT2D eigenvalue weighted by Crippen LogP contribution is -2.49. The maximum atomic E-state index is 13.2. The Morgan fingerprint density at radius 1 is 1.12 bits per heavy atom. The summed E-state index contributed by atoms with van der Waals surface area (Å²) in [4.78, 5) is 27.6. The average molecular weight is 471 g/mol. The molecule has 3 aliphatic rings. The highest BCUT2D eigenvalue weighted by Crippen LogP contribution is 2.34. The van der Waals surface area contributed by atoms with Gasteiger partial charge in [0.2, 0.25) is 5.91 Å². The molecule has 1 saturated carbocycles. The van der Waals surface area contributed by atoms with Crippen molar-refractivity contribution < 1.29 is 35.9 Å². The summed E-state index contributed by atoms with van der Waals surface area (Å²) in [5.41, 5.74) is 0.609. The van der Waals surface area contributed by atoms with Gasteiger partial charge in [0.1, 0.15) is 0 Å². The molecule has 0 aromatic heterocycles. The van der Waals surface area contributed by atoms with Crippen molar-refractivity contribution in [1.29, 1.82) is 0 Å². The second kappa shape index (κ2) is 8.24. The second-order valence-corrected chi connectivity index (χ2v) is 9.44. The number of alkyl halides is 3. The number of anilines is 2. The minimum absolute atomic E-state index is 0.0610. The molecule has 2 heterocycles. The highest BCUT2D eigenvalue weighted by Gasteiger charge is 2.44. The molecule has 172 valence electrons. The molecule has 2 aliphatic heterocycles. The number of hydrogen-bond acceptors (Lipinski definition) is 6. The van der Waals surface area contributed by atoms with Crippen molar-refractivity contribution in [3.63, 3.8) is 0 Å². The third kappa shape index (κ3) is 4.96. The minimum atomic E-state index is -4.58. The van der Waals surface area contributed by atoms with Crippen LogP contribution in [-0.4, -0.2) is 57.1 Å². The second-order valence-electron chi connectivity index (χ2n) is 7.71. The van der Waals surface area contributed by atoms with Crippen LogP contribution in [0.25, 0.3) is 0 Å². The standard InChI is InChI=1S/C20H20F3N3O5S/c21-20(22,23)17-12-26(5-8-31-17)16-11-14(24-18(27)13-1-2-13)3-4-15(16)19(28)25-6-9-32(29,30)10-7-25/h3-4,6-7,9-11,13,17H,1-2,5,8,12H2,(H,24,27). The van der Waals surface area contributed by atoms with Crippen molar-refractivity contribution >= 4 is 33.0 Å². The average Bonchev–Trinajstić information content (AvgIpc) is 3.58. The van der Waals surface area contributed by atoms with Crippen molar-refractivity contribution in [2.75, 3.05) is 29.9 Å². The van der Waals surface area contributed by atoms with Gasteiger partial charge in [0, 0.05) is 30.5 Å². The van der Waals surface area contributed by atoms with Gasteiger partial charge in [0.25, 0.3) is 5.91 Å². The van der Waals surface area contributed by atoms with Gasteiger partial charge in [-0.2, -0.15) is 13.2 Å². The van der Waals surface area contributed by atoms with E-state index in [1.807, 2.05) is 0 Å². The van der Waals surface area contributed by atoms with Gasteiger partial charge >= 0.3 is 6.18 Å². The van der Waals surface area contributed by atoms with E-state index >= 15 is 0 Å². The molecule has 1 N–H and O–H groups in total. The van der Waals surface area contributed by atoms with E-state index in [2.05, 4.69) is 5.32 Å². The quantitative estimate of drug-likeness (QED) is 0.726. The zero-order chi connectivity index (χ0) is 23.1. The molecular weight excluding hydrogens is 451 g/mol. The Hall–Kier alpha value is -2.86. The number of carbonyl (C=O) groups is 2. The molecule has 4 rings (SSSR count). The van der Waals surface area contributed by atoms with E-state index in [1.54, 1.807) is 0 Å². The number of rotatable bonds is 4. The van der Waals surface area contributed by atoms with Crippen molar-refractivity contribution in [3.05, 3.63) is 47.0 Å². The first-order valence-corrected chi connectivity index (χ1v) is 11.5. The van der Waals surface area contributed by atoms with Crippen LogP contribution in [0.3, 0.4) is 0 Å². The lowest BCUT2D eigenvalue weighted by Gasteiger charge is -2.36. The molecule has 0 bridgehead atoms. The number of nitrogens with one attached hydrogen (secondary N) is 1. The van der Waals surface area contributed by atoms with E-state index in [4.69, 9.17) is 4.74 Å². The summed E-state index contributed by atoms with van der Waals surface area (Å²) in [6.45, 7) is -0.616. The highest BCUT2D eigenvalue weighted by molar-refractivity contribution is 7.97. The summed E-state index contributed by atoms with van der Waals surface area (Å²) >= 11 is 0. The number of carbonyl (C=O) groups excluding carboxylic acids is 2. The fourth-order valence-corrected chi connectivity index (χ4v) is 4.07. The summed E-state index contributed by atoms with van der Waals surface area (Å²) in [5, 5.41) is 4.43. The van der Waals surface area contributed by atoms with Crippen LogP contribution in [0.15, 0.2) is 41.4 Å². The Labute approximate surface area is 182 Å². The van der Waals surface area contributed by atoms with Crippen molar-refractivity contribution in [2.45, 2.75) is 25.1 Å². The molecule has 1 aliphatic carbocycles. The maximum Gasteiger partial charge on any atom is 0.416 e. The van der Waals surface area contributed by atoms with Gasteiger partial charge in [-0.05, 0) is 31.0 Å². The molecule has 8 nitrogen and oxygen atoms in total. The smallest absolute Gasteiger partial charge is 0.366 e. The Balaban J connectivity index is 1.66. The SMILES string of the molecule is O=C(Nc1ccc(C(=O)N2C=CS(=O)(=O)C=C2)c(N2CCOC(C(F)(F)F)C2)c1)C1CC1. The number of ether oxygens (including phenoxy) is 1. The van der Waals surface area contributed by atoms with E-state index < -0.39 is 34.6 Å². The monoisotopic (exact) mass is 471 g/mol. The number of halogens is 3. The van der Waals surface area contributed by atoms with Crippen LogP contribution in [0.4, 0.5) is 24.5 Å². The van der Waals surface area contributed by atoms with Crippen LogP contribution in [-0.2, 0) is 19.4 Å². The van der Waals surface area contributed by atoms with Gasteiger partial charge in [0.15, 0.2) is 15.9 Å². The fourth-order valence-electron chi connectivity index (χ4n) is 3.38. The maximum absolute atomic E-state index is 13.2. The Kier molecular flexibility index (Phi) is 5.76. The largest absolute Gasteiger partial charge is 0.416 e. The van der Waals surface area contributed by atoms with E-state index in [0.29, 0.717) is 5.69 Å². The van der Waals surface area contributed by atoms with Crippen LogP contribution in [0, 0.1) is 5.92 Å². The molecule has 1 aromatic carbocycles. The molecule has 0 radical (unpaired) electrons. The molecule has 1 atom stereocenters.